The molecule has 0 bridgehead atoms. The molecule has 3 N–H and O–H groups in total. The first kappa shape index (κ1) is 25.3. The van der Waals surface area contributed by atoms with Gasteiger partial charge in [0.2, 0.25) is 21.9 Å². The summed E-state index contributed by atoms with van der Waals surface area (Å²) in [4.78, 5) is 25.2. The first-order valence-corrected chi connectivity index (χ1v) is 12.7. The zero-order chi connectivity index (χ0) is 23.2. The smallest absolute Gasteiger partial charge is 0.242 e. The maximum absolute atomic E-state index is 12.7. The van der Waals surface area contributed by atoms with Gasteiger partial charge in [-0.1, -0.05) is 37.2 Å². The van der Waals surface area contributed by atoms with Crippen LogP contribution in [0.15, 0.2) is 29.4 Å². The Morgan fingerprint density at radius 1 is 1.13 bits per heavy atom. The second-order valence-corrected chi connectivity index (χ2v) is 10.9. The number of nitrogens with zero attached hydrogens (tertiary/aromatic N) is 3. The molecule has 2 atom stereocenters. The minimum absolute atomic E-state index is 0.106. The lowest BCUT2D eigenvalue weighted by Crippen LogP contribution is -2.27. The standard InChI is InChI=1S/C19H26ClN5O4S2/c1-11(2)9-15(10-26)21-17-22-18(25-31(4,28)29)24-19(23-17)30-12(3)16(27)13-5-7-14(20)8-6-13/h5-8,11-12,15,26H,9-10H2,1-4H3,(H2,21,22,23,24,25)/t12?,15-/m1/s1. The van der Waals surface area contributed by atoms with Crippen molar-refractivity contribution in [2.24, 2.45) is 5.92 Å². The summed E-state index contributed by atoms with van der Waals surface area (Å²) in [5.74, 6) is 0.0950. The molecule has 1 aromatic heterocycles. The molecule has 0 radical (unpaired) electrons. The lowest BCUT2D eigenvalue weighted by atomic mass is 10.0. The molecule has 0 saturated heterocycles. The number of carbonyl (C=O) groups is 1. The highest BCUT2D eigenvalue weighted by Gasteiger charge is 2.21. The van der Waals surface area contributed by atoms with Crippen LogP contribution in [-0.4, -0.2) is 58.4 Å². The Morgan fingerprint density at radius 3 is 2.29 bits per heavy atom. The second kappa shape index (κ2) is 11.1. The van der Waals surface area contributed by atoms with E-state index in [2.05, 4.69) is 25.0 Å². The highest BCUT2D eigenvalue weighted by Crippen LogP contribution is 2.25. The Hall–Kier alpha value is -1.95. The summed E-state index contributed by atoms with van der Waals surface area (Å²) in [7, 11) is -3.62. The molecule has 0 fully saturated rings. The topological polar surface area (TPSA) is 134 Å². The SMILES string of the molecule is CC(C)C[C@H](CO)Nc1nc(NS(C)(=O)=O)nc(SC(C)C(=O)c2ccc(Cl)cc2)n1. The number of hydrogen-bond acceptors (Lipinski definition) is 9. The number of carbonyl (C=O) groups excluding carboxylic acids is 1. The zero-order valence-electron chi connectivity index (χ0n) is 17.7. The van der Waals surface area contributed by atoms with E-state index in [1.165, 1.54) is 0 Å². The van der Waals surface area contributed by atoms with Crippen molar-refractivity contribution in [3.05, 3.63) is 34.9 Å². The largest absolute Gasteiger partial charge is 0.394 e. The molecule has 12 heteroatoms. The average Bonchev–Trinajstić information content (AvgIpc) is 2.65. The highest BCUT2D eigenvalue weighted by molar-refractivity contribution is 8.00. The fourth-order valence-electron chi connectivity index (χ4n) is 2.68. The number of nitrogens with one attached hydrogen (secondary N) is 2. The molecule has 9 nitrogen and oxygen atoms in total. The molecule has 2 rings (SSSR count). The normalized spacial score (nSPS) is 13.6. The molecule has 0 amide bonds. The van der Waals surface area contributed by atoms with Crippen LogP contribution in [0.2, 0.25) is 5.02 Å². The first-order valence-electron chi connectivity index (χ1n) is 9.54. The fourth-order valence-corrected chi connectivity index (χ4v) is 4.06. The monoisotopic (exact) mass is 487 g/mol. The van der Waals surface area contributed by atoms with E-state index >= 15 is 0 Å². The van der Waals surface area contributed by atoms with Gasteiger partial charge in [0.25, 0.3) is 0 Å². The van der Waals surface area contributed by atoms with E-state index in [1.807, 2.05) is 13.8 Å². The summed E-state index contributed by atoms with van der Waals surface area (Å²) in [6.45, 7) is 5.59. The van der Waals surface area contributed by atoms with Crippen molar-refractivity contribution in [1.29, 1.82) is 0 Å². The number of Topliss-reactive ketones (excluding diaryl/α,β-unsaturated/α-hetero) is 1. The van der Waals surface area contributed by atoms with Gasteiger partial charge in [0.1, 0.15) is 0 Å². The van der Waals surface area contributed by atoms with Crippen molar-refractivity contribution in [2.45, 2.75) is 43.6 Å². The Kier molecular flexibility index (Phi) is 9.04. The summed E-state index contributed by atoms with van der Waals surface area (Å²) < 4.78 is 25.5. The lowest BCUT2D eigenvalue weighted by molar-refractivity contribution is 0.0994. The van der Waals surface area contributed by atoms with Gasteiger partial charge in [-0.25, -0.2) is 8.42 Å². The highest BCUT2D eigenvalue weighted by atomic mass is 35.5. The van der Waals surface area contributed by atoms with Gasteiger partial charge in [-0.05, 0) is 43.5 Å². The number of rotatable bonds is 11. The molecule has 0 spiro atoms. The maximum atomic E-state index is 12.7. The van der Waals surface area contributed by atoms with Crippen LogP contribution in [0.25, 0.3) is 0 Å². The summed E-state index contributed by atoms with van der Waals surface area (Å²) in [5.41, 5.74) is 0.489. The van der Waals surface area contributed by atoms with E-state index in [9.17, 15) is 18.3 Å². The molecule has 1 aromatic carbocycles. The first-order chi connectivity index (χ1) is 14.5. The van der Waals surface area contributed by atoms with E-state index in [0.29, 0.717) is 22.9 Å². The third kappa shape index (κ3) is 8.60. The number of ketones is 1. The van der Waals surface area contributed by atoms with Gasteiger partial charge in [0, 0.05) is 10.6 Å². The number of sulfonamides is 1. The van der Waals surface area contributed by atoms with Gasteiger partial charge in [0.05, 0.1) is 24.2 Å². The van der Waals surface area contributed by atoms with Crippen LogP contribution in [0.5, 0.6) is 0 Å². The Labute approximate surface area is 191 Å². The van der Waals surface area contributed by atoms with Crippen LogP contribution in [-0.2, 0) is 10.0 Å². The fraction of sp³-hybridized carbons (Fsp3) is 0.474. The van der Waals surface area contributed by atoms with Gasteiger partial charge < -0.3 is 10.4 Å². The molecule has 1 unspecified atom stereocenters. The molecule has 0 aliphatic rings. The number of thioether (sulfide) groups is 1. The zero-order valence-corrected chi connectivity index (χ0v) is 20.1. The predicted octanol–water partition coefficient (Wildman–Crippen LogP) is 3.08. The van der Waals surface area contributed by atoms with E-state index in [1.54, 1.807) is 31.2 Å². The predicted molar refractivity (Wildman–Crippen MR) is 123 cm³/mol. The van der Waals surface area contributed by atoms with Gasteiger partial charge in [-0.15, -0.1) is 0 Å². The number of aromatic nitrogens is 3. The van der Waals surface area contributed by atoms with Gasteiger partial charge in [0.15, 0.2) is 10.9 Å². The summed E-state index contributed by atoms with van der Waals surface area (Å²) >= 11 is 6.95. The number of aliphatic hydroxyl groups is 1. The van der Waals surface area contributed by atoms with Crippen molar-refractivity contribution in [1.82, 2.24) is 15.0 Å². The molecule has 2 aromatic rings. The summed E-state index contributed by atoms with van der Waals surface area (Å²) in [5, 5.41) is 12.8. The minimum atomic E-state index is -3.62. The minimum Gasteiger partial charge on any atom is -0.394 e. The van der Waals surface area contributed by atoms with Gasteiger partial charge >= 0.3 is 0 Å². The van der Waals surface area contributed by atoms with Crippen molar-refractivity contribution in [3.63, 3.8) is 0 Å². The van der Waals surface area contributed by atoms with E-state index < -0.39 is 15.3 Å². The Balaban J connectivity index is 2.28. The average molecular weight is 488 g/mol. The Bertz CT molecular complexity index is 1000. The number of anilines is 2. The number of aliphatic hydroxyl groups excluding tert-OH is 1. The van der Waals surface area contributed by atoms with Crippen LogP contribution in [0.4, 0.5) is 11.9 Å². The van der Waals surface area contributed by atoms with E-state index in [-0.39, 0.29) is 35.5 Å². The van der Waals surface area contributed by atoms with Crippen molar-refractivity contribution in [2.75, 3.05) is 22.9 Å². The molecule has 170 valence electrons. The van der Waals surface area contributed by atoms with Crippen LogP contribution in [0.3, 0.4) is 0 Å². The second-order valence-electron chi connectivity index (χ2n) is 7.42. The number of hydrogen-bond donors (Lipinski definition) is 3. The number of halogens is 1. The van der Waals surface area contributed by atoms with Gasteiger partial charge in [-0.3, -0.25) is 9.52 Å². The van der Waals surface area contributed by atoms with Crippen LogP contribution in [0.1, 0.15) is 37.6 Å². The molecule has 0 saturated carbocycles. The molecule has 31 heavy (non-hydrogen) atoms. The summed E-state index contributed by atoms with van der Waals surface area (Å²) in [6.07, 6.45) is 1.64. The third-order valence-corrected chi connectivity index (χ3v) is 5.75. The molecule has 0 aliphatic carbocycles. The van der Waals surface area contributed by atoms with E-state index in [0.717, 1.165) is 18.0 Å². The van der Waals surface area contributed by atoms with Gasteiger partial charge in [-0.2, -0.15) is 15.0 Å². The summed E-state index contributed by atoms with van der Waals surface area (Å²) in [6, 6.07) is 6.22. The van der Waals surface area contributed by atoms with Crippen LogP contribution in [0, 0.1) is 5.92 Å². The molecule has 0 aliphatic heterocycles. The van der Waals surface area contributed by atoms with Crippen LogP contribution >= 0.6 is 23.4 Å². The molecular formula is C19H26ClN5O4S2. The van der Waals surface area contributed by atoms with Crippen molar-refractivity contribution >= 4 is 51.1 Å². The van der Waals surface area contributed by atoms with Crippen LogP contribution < -0.4 is 10.0 Å². The lowest BCUT2D eigenvalue weighted by Gasteiger charge is -2.19. The Morgan fingerprint density at radius 2 is 1.74 bits per heavy atom. The molecular weight excluding hydrogens is 462 g/mol. The quantitative estimate of drug-likeness (QED) is 0.322. The van der Waals surface area contributed by atoms with Crippen molar-refractivity contribution < 1.29 is 18.3 Å². The third-order valence-electron chi connectivity index (χ3n) is 3.98. The maximum Gasteiger partial charge on any atom is 0.242 e. The number of benzene rings is 1. The van der Waals surface area contributed by atoms with E-state index in [4.69, 9.17) is 11.6 Å². The van der Waals surface area contributed by atoms with Crippen molar-refractivity contribution in [3.8, 4) is 0 Å². The molecule has 1 heterocycles.